The third kappa shape index (κ3) is 4.15. The van der Waals surface area contributed by atoms with E-state index in [4.69, 9.17) is 4.74 Å². The van der Waals surface area contributed by atoms with E-state index in [0.717, 1.165) is 16.3 Å². The Morgan fingerprint density at radius 3 is 2.51 bits per heavy atom. The van der Waals surface area contributed by atoms with Crippen molar-refractivity contribution in [2.45, 2.75) is 41.5 Å². The van der Waals surface area contributed by atoms with Crippen molar-refractivity contribution in [1.29, 1.82) is 0 Å². The van der Waals surface area contributed by atoms with Crippen molar-refractivity contribution in [3.05, 3.63) is 78.4 Å². The van der Waals surface area contributed by atoms with Gasteiger partial charge in [-0.2, -0.15) is 0 Å². The first-order chi connectivity index (χ1) is 18.9. The normalized spacial score (nSPS) is 29.9. The molecule has 3 aromatic rings. The van der Waals surface area contributed by atoms with E-state index in [1.807, 2.05) is 72.8 Å². The molecule has 3 N–H and O–H groups in total. The molecule has 3 fully saturated rings. The standard InChI is InChI=1S/C30H30BrN3O5/c1-32-27(36)23-24-29(38)34(21(16-35)13-17-7-3-2-4-8-17)26(30(24)15-22(31)25(23)39-30)28(37)33-20-12-11-18-9-5-6-10-19(18)14-20/h2-12,14,21-26,35H,13,15-16H2,1H3,(H,32,36)(H,33,37)/t21-,22?,23+,24+,25+,26?,30?/m1/s1. The highest BCUT2D eigenvalue weighted by Crippen LogP contribution is 2.60. The fourth-order valence-electron chi connectivity index (χ4n) is 6.84. The predicted molar refractivity (Wildman–Crippen MR) is 150 cm³/mol. The van der Waals surface area contributed by atoms with Gasteiger partial charge in [-0.25, -0.2) is 0 Å². The SMILES string of the molecule is CNC(=O)[C@H]1[C@H]2C(=O)N([C@@H](CO)Cc3ccccc3)C(C(=O)Nc3ccc4ccccc4c3)C23CC(Br)[C@@H]1O3. The molecule has 3 unspecified atom stereocenters. The Hall–Kier alpha value is -3.27. The maximum atomic E-state index is 14.2. The lowest BCUT2D eigenvalue weighted by Gasteiger charge is -2.37. The number of aliphatic hydroxyl groups is 1. The number of benzene rings is 3. The average Bonchev–Trinajstić information content (AvgIpc) is 3.55. The van der Waals surface area contributed by atoms with Crippen LogP contribution in [-0.2, 0) is 25.5 Å². The number of carbonyl (C=O) groups is 3. The molecule has 202 valence electrons. The summed E-state index contributed by atoms with van der Waals surface area (Å²) < 4.78 is 6.51. The third-order valence-corrected chi connectivity index (χ3v) is 9.30. The van der Waals surface area contributed by atoms with Crippen LogP contribution in [0.1, 0.15) is 12.0 Å². The lowest BCUT2D eigenvalue weighted by atomic mass is 9.70. The lowest BCUT2D eigenvalue weighted by molar-refractivity contribution is -0.143. The topological polar surface area (TPSA) is 108 Å². The molecular weight excluding hydrogens is 562 g/mol. The number of halogens is 1. The van der Waals surface area contributed by atoms with E-state index >= 15 is 0 Å². The van der Waals surface area contributed by atoms with Crippen molar-refractivity contribution in [3.8, 4) is 0 Å². The van der Waals surface area contributed by atoms with Crippen LogP contribution < -0.4 is 10.6 Å². The van der Waals surface area contributed by atoms with Crippen molar-refractivity contribution in [3.63, 3.8) is 0 Å². The summed E-state index contributed by atoms with van der Waals surface area (Å²) >= 11 is 3.67. The van der Waals surface area contributed by atoms with Crippen LogP contribution >= 0.6 is 15.9 Å². The van der Waals surface area contributed by atoms with E-state index in [9.17, 15) is 19.5 Å². The first-order valence-corrected chi connectivity index (χ1v) is 14.1. The number of ether oxygens (including phenoxy) is 1. The largest absolute Gasteiger partial charge is 0.394 e. The maximum Gasteiger partial charge on any atom is 0.250 e. The number of likely N-dealkylation sites (tertiary alicyclic amines) is 1. The van der Waals surface area contributed by atoms with Crippen molar-refractivity contribution in [2.24, 2.45) is 11.8 Å². The number of hydrogen-bond acceptors (Lipinski definition) is 5. The molecule has 3 aliphatic heterocycles. The van der Waals surface area contributed by atoms with Gasteiger partial charge in [-0.05, 0) is 41.3 Å². The second kappa shape index (κ2) is 10.0. The Morgan fingerprint density at radius 2 is 1.79 bits per heavy atom. The van der Waals surface area contributed by atoms with Gasteiger partial charge in [0.05, 0.1) is 30.6 Å². The average molecular weight is 592 g/mol. The van der Waals surface area contributed by atoms with Crippen molar-refractivity contribution < 1.29 is 24.2 Å². The molecule has 3 heterocycles. The lowest BCUT2D eigenvalue weighted by Crippen LogP contribution is -2.57. The molecule has 6 rings (SSSR count). The summed E-state index contributed by atoms with van der Waals surface area (Å²) in [6.45, 7) is -0.338. The Balaban J connectivity index is 1.41. The molecule has 0 saturated carbocycles. The van der Waals surface area contributed by atoms with Crippen LogP contribution in [0.25, 0.3) is 10.8 Å². The zero-order chi connectivity index (χ0) is 27.3. The smallest absolute Gasteiger partial charge is 0.250 e. The van der Waals surface area contributed by atoms with E-state index in [0.29, 0.717) is 18.5 Å². The predicted octanol–water partition coefficient (Wildman–Crippen LogP) is 2.88. The minimum absolute atomic E-state index is 0.193. The summed E-state index contributed by atoms with van der Waals surface area (Å²) in [7, 11) is 1.54. The highest BCUT2D eigenvalue weighted by atomic mass is 79.9. The minimum Gasteiger partial charge on any atom is -0.394 e. The second-order valence-corrected chi connectivity index (χ2v) is 11.8. The van der Waals surface area contributed by atoms with Gasteiger partial charge in [0.2, 0.25) is 17.7 Å². The molecule has 0 radical (unpaired) electrons. The number of carbonyl (C=O) groups excluding carboxylic acids is 3. The van der Waals surface area contributed by atoms with E-state index in [2.05, 4.69) is 26.6 Å². The number of rotatable bonds is 7. The summed E-state index contributed by atoms with van der Waals surface area (Å²) in [6, 6.07) is 21.4. The van der Waals surface area contributed by atoms with Crippen LogP contribution in [0.4, 0.5) is 5.69 Å². The van der Waals surface area contributed by atoms with Gasteiger partial charge in [-0.3, -0.25) is 14.4 Å². The van der Waals surface area contributed by atoms with E-state index in [-0.39, 0.29) is 23.2 Å². The van der Waals surface area contributed by atoms with Crippen LogP contribution in [0.15, 0.2) is 72.8 Å². The number of hydrogen-bond donors (Lipinski definition) is 3. The highest BCUT2D eigenvalue weighted by molar-refractivity contribution is 9.09. The van der Waals surface area contributed by atoms with Gasteiger partial charge >= 0.3 is 0 Å². The molecule has 8 nitrogen and oxygen atoms in total. The number of aliphatic hydroxyl groups excluding tert-OH is 1. The third-order valence-electron chi connectivity index (χ3n) is 8.46. The Kier molecular flexibility index (Phi) is 6.69. The molecule has 1 spiro atoms. The number of anilines is 1. The van der Waals surface area contributed by atoms with Gasteiger partial charge in [0.25, 0.3) is 0 Å². The number of nitrogens with zero attached hydrogens (tertiary/aromatic N) is 1. The first kappa shape index (κ1) is 26.0. The van der Waals surface area contributed by atoms with E-state index in [1.54, 1.807) is 0 Å². The molecule has 39 heavy (non-hydrogen) atoms. The first-order valence-electron chi connectivity index (χ1n) is 13.2. The van der Waals surface area contributed by atoms with E-state index < -0.39 is 41.5 Å². The Morgan fingerprint density at radius 1 is 1.08 bits per heavy atom. The summed E-state index contributed by atoms with van der Waals surface area (Å²) in [6.07, 6.45) is 0.230. The van der Waals surface area contributed by atoms with Crippen LogP contribution in [0.3, 0.4) is 0 Å². The van der Waals surface area contributed by atoms with Gasteiger partial charge in [0, 0.05) is 17.6 Å². The number of alkyl halides is 1. The monoisotopic (exact) mass is 591 g/mol. The summed E-state index contributed by atoms with van der Waals surface area (Å²) in [5.41, 5.74) is 0.331. The molecule has 3 amide bonds. The molecule has 0 aromatic heterocycles. The van der Waals surface area contributed by atoms with Crippen molar-refractivity contribution in [2.75, 3.05) is 19.0 Å². The Labute approximate surface area is 234 Å². The molecule has 9 heteroatoms. The number of nitrogens with one attached hydrogen (secondary N) is 2. The molecule has 3 aromatic carbocycles. The quantitative estimate of drug-likeness (QED) is 0.366. The summed E-state index contributed by atoms with van der Waals surface area (Å²) in [5.74, 6) is -2.58. The van der Waals surface area contributed by atoms with Crippen molar-refractivity contribution in [1.82, 2.24) is 10.2 Å². The maximum absolute atomic E-state index is 14.2. The molecule has 3 saturated heterocycles. The van der Waals surface area contributed by atoms with Crippen LogP contribution in [0, 0.1) is 11.8 Å². The fourth-order valence-corrected chi connectivity index (χ4v) is 7.78. The van der Waals surface area contributed by atoms with Gasteiger partial charge in [0.15, 0.2) is 0 Å². The fraction of sp³-hybridized carbons (Fsp3) is 0.367. The zero-order valence-corrected chi connectivity index (χ0v) is 23.0. The van der Waals surface area contributed by atoms with Gasteiger partial charge in [0.1, 0.15) is 11.6 Å². The van der Waals surface area contributed by atoms with Gasteiger partial charge < -0.3 is 25.4 Å². The van der Waals surface area contributed by atoms with Gasteiger partial charge in [-0.1, -0.05) is 76.6 Å². The number of fused-ring (bicyclic) bond motifs is 2. The molecular formula is C30H30BrN3O5. The molecule has 3 aliphatic rings. The number of amides is 3. The summed E-state index contributed by atoms with van der Waals surface area (Å²) in [5, 5.41) is 18.2. The van der Waals surface area contributed by atoms with Gasteiger partial charge in [-0.15, -0.1) is 0 Å². The van der Waals surface area contributed by atoms with Crippen LogP contribution in [-0.4, -0.2) is 70.0 Å². The van der Waals surface area contributed by atoms with Crippen molar-refractivity contribution >= 4 is 50.1 Å². The second-order valence-electron chi connectivity index (χ2n) is 10.6. The van der Waals surface area contributed by atoms with Crippen LogP contribution in [0.2, 0.25) is 0 Å². The van der Waals surface area contributed by atoms with Crippen LogP contribution in [0.5, 0.6) is 0 Å². The van der Waals surface area contributed by atoms with E-state index in [1.165, 1.54) is 11.9 Å². The molecule has 0 aliphatic carbocycles. The highest BCUT2D eigenvalue weighted by Gasteiger charge is 2.77. The molecule has 7 atom stereocenters. The summed E-state index contributed by atoms with van der Waals surface area (Å²) in [4.78, 5) is 42.7. The minimum atomic E-state index is -1.20. The Bertz CT molecular complexity index is 1430. The molecule has 2 bridgehead atoms. The zero-order valence-electron chi connectivity index (χ0n) is 21.4.